The van der Waals surface area contributed by atoms with E-state index in [9.17, 15) is 9.59 Å². The summed E-state index contributed by atoms with van der Waals surface area (Å²) in [5.41, 5.74) is 7.09. The van der Waals surface area contributed by atoms with E-state index in [1.165, 1.54) is 31.4 Å². The Balaban J connectivity index is 1.65. The molecule has 1 aromatic heterocycles. The molecule has 0 aliphatic heterocycles. The summed E-state index contributed by atoms with van der Waals surface area (Å²) in [5, 5.41) is 3.00. The average Bonchev–Trinajstić information content (AvgIpc) is 2.72. The third-order valence-corrected chi connectivity index (χ3v) is 3.60. The second kappa shape index (κ2) is 8.58. The van der Waals surface area contributed by atoms with Crippen LogP contribution in [0.15, 0.2) is 54.6 Å². The molecule has 2 aromatic carbocycles. The lowest BCUT2D eigenvalue weighted by atomic mass is 10.1. The van der Waals surface area contributed by atoms with Crippen LogP contribution in [0.3, 0.4) is 0 Å². The quantitative estimate of drug-likeness (QED) is 0.620. The monoisotopic (exact) mass is 379 g/mol. The van der Waals surface area contributed by atoms with Crippen LogP contribution in [-0.2, 0) is 16.1 Å². The fraction of sp³-hybridized carbons (Fsp3) is 0.105. The number of nitrogens with two attached hydrogens (primary N) is 1. The number of hydrogen-bond acceptors (Lipinski definition) is 9. The maximum absolute atomic E-state index is 12.2. The number of carbonyl (C=O) groups is 2. The van der Waals surface area contributed by atoms with Crippen LogP contribution < -0.4 is 11.1 Å². The number of carbonyl (C=O) groups excluding carboxylic acids is 2. The summed E-state index contributed by atoms with van der Waals surface area (Å²) in [5.74, 6) is -0.633. The van der Waals surface area contributed by atoms with Gasteiger partial charge in [0.05, 0.1) is 18.2 Å². The molecule has 9 nitrogen and oxygen atoms in total. The van der Waals surface area contributed by atoms with Gasteiger partial charge in [-0.1, -0.05) is 18.2 Å². The van der Waals surface area contributed by atoms with Crippen LogP contribution in [0.4, 0.5) is 17.6 Å². The van der Waals surface area contributed by atoms with E-state index in [1.807, 2.05) is 30.3 Å². The van der Waals surface area contributed by atoms with Gasteiger partial charge >= 0.3 is 11.9 Å². The van der Waals surface area contributed by atoms with E-state index >= 15 is 0 Å². The molecule has 0 saturated carbocycles. The zero-order valence-electron chi connectivity index (χ0n) is 15.0. The van der Waals surface area contributed by atoms with Crippen LogP contribution in [0.5, 0.6) is 0 Å². The Hall–Kier alpha value is -4.01. The number of hydrogen-bond donors (Lipinski definition) is 2. The van der Waals surface area contributed by atoms with E-state index in [2.05, 4.69) is 25.0 Å². The van der Waals surface area contributed by atoms with E-state index in [0.29, 0.717) is 5.56 Å². The summed E-state index contributed by atoms with van der Waals surface area (Å²) in [6.07, 6.45) is 0. The van der Waals surface area contributed by atoms with Crippen molar-refractivity contribution in [2.24, 2.45) is 0 Å². The van der Waals surface area contributed by atoms with Crippen molar-refractivity contribution >= 4 is 29.5 Å². The fourth-order valence-electron chi connectivity index (χ4n) is 2.28. The Kier molecular flexibility index (Phi) is 5.75. The summed E-state index contributed by atoms with van der Waals surface area (Å²) in [6.45, 7) is -0.187. The van der Waals surface area contributed by atoms with Gasteiger partial charge < -0.3 is 20.5 Å². The lowest BCUT2D eigenvalue weighted by molar-refractivity contribution is 0.0461. The van der Waals surface area contributed by atoms with E-state index < -0.39 is 11.9 Å². The largest absolute Gasteiger partial charge is 0.465 e. The first kappa shape index (κ1) is 18.8. The second-order valence-corrected chi connectivity index (χ2v) is 5.57. The SMILES string of the molecule is COC(=O)c1ccc(C(=O)OCc2nc(N)nc(Nc3ccccc3)n2)cc1. The Morgan fingerprint density at radius 3 is 2.21 bits per heavy atom. The number of aromatic nitrogens is 3. The molecule has 0 aliphatic carbocycles. The number of rotatable bonds is 6. The number of para-hydroxylation sites is 1. The molecule has 0 amide bonds. The first-order valence-electron chi connectivity index (χ1n) is 8.23. The van der Waals surface area contributed by atoms with Crippen molar-refractivity contribution in [3.05, 3.63) is 71.5 Å². The zero-order valence-corrected chi connectivity index (χ0v) is 15.0. The molecular formula is C19H17N5O4. The van der Waals surface area contributed by atoms with E-state index in [1.54, 1.807) is 0 Å². The van der Waals surface area contributed by atoms with Crippen molar-refractivity contribution in [2.45, 2.75) is 6.61 Å². The molecule has 1 heterocycles. The highest BCUT2D eigenvalue weighted by Crippen LogP contribution is 2.13. The fourth-order valence-corrected chi connectivity index (χ4v) is 2.28. The summed E-state index contributed by atoms with van der Waals surface area (Å²) in [4.78, 5) is 35.8. The van der Waals surface area contributed by atoms with Crippen molar-refractivity contribution in [1.82, 2.24) is 15.0 Å². The highest BCUT2D eigenvalue weighted by Gasteiger charge is 2.12. The van der Waals surface area contributed by atoms with Crippen LogP contribution >= 0.6 is 0 Å². The molecule has 0 saturated heterocycles. The Labute approximate surface area is 160 Å². The predicted molar refractivity (Wildman–Crippen MR) is 101 cm³/mol. The topological polar surface area (TPSA) is 129 Å². The summed E-state index contributed by atoms with van der Waals surface area (Å²) < 4.78 is 9.82. The summed E-state index contributed by atoms with van der Waals surface area (Å²) in [6, 6.07) is 15.2. The van der Waals surface area contributed by atoms with Gasteiger partial charge in [0.25, 0.3) is 0 Å². The lowest BCUT2D eigenvalue weighted by Crippen LogP contribution is -2.11. The molecular weight excluding hydrogens is 362 g/mol. The number of nitrogen functional groups attached to an aromatic ring is 1. The van der Waals surface area contributed by atoms with Crippen LogP contribution in [0.25, 0.3) is 0 Å². The Morgan fingerprint density at radius 2 is 1.57 bits per heavy atom. The maximum Gasteiger partial charge on any atom is 0.338 e. The van der Waals surface area contributed by atoms with Crippen LogP contribution in [0.2, 0.25) is 0 Å². The third kappa shape index (κ3) is 4.79. The van der Waals surface area contributed by atoms with Crippen molar-refractivity contribution < 1.29 is 19.1 Å². The molecule has 0 unspecified atom stereocenters. The molecule has 0 spiro atoms. The van der Waals surface area contributed by atoms with Crippen LogP contribution in [-0.4, -0.2) is 34.0 Å². The van der Waals surface area contributed by atoms with Gasteiger partial charge in [0.2, 0.25) is 11.9 Å². The van der Waals surface area contributed by atoms with Gasteiger partial charge in [-0.2, -0.15) is 15.0 Å². The lowest BCUT2D eigenvalue weighted by Gasteiger charge is -2.08. The van der Waals surface area contributed by atoms with Gasteiger partial charge in [0.15, 0.2) is 12.4 Å². The van der Waals surface area contributed by atoms with Gasteiger partial charge in [-0.05, 0) is 36.4 Å². The number of ether oxygens (including phenoxy) is 2. The van der Waals surface area contributed by atoms with Gasteiger partial charge in [-0.25, -0.2) is 9.59 Å². The maximum atomic E-state index is 12.2. The van der Waals surface area contributed by atoms with Gasteiger partial charge in [-0.3, -0.25) is 0 Å². The van der Waals surface area contributed by atoms with Crippen molar-refractivity contribution in [1.29, 1.82) is 0 Å². The average molecular weight is 379 g/mol. The molecule has 3 N–H and O–H groups in total. The minimum absolute atomic E-state index is 0.00177. The molecule has 0 aliphatic rings. The molecule has 0 fully saturated rings. The van der Waals surface area contributed by atoms with Crippen molar-refractivity contribution in [2.75, 3.05) is 18.2 Å². The standard InChI is InChI=1S/C19H17N5O4/c1-27-16(25)12-7-9-13(10-8-12)17(26)28-11-15-22-18(20)24-19(23-15)21-14-5-3-2-4-6-14/h2-10H,11H2,1H3,(H3,20,21,22,23,24). The third-order valence-electron chi connectivity index (χ3n) is 3.60. The number of anilines is 3. The second-order valence-electron chi connectivity index (χ2n) is 5.57. The zero-order chi connectivity index (χ0) is 19.9. The molecule has 0 radical (unpaired) electrons. The van der Waals surface area contributed by atoms with Gasteiger partial charge in [0.1, 0.15) is 0 Å². The van der Waals surface area contributed by atoms with Crippen LogP contribution in [0.1, 0.15) is 26.5 Å². The molecule has 142 valence electrons. The smallest absolute Gasteiger partial charge is 0.338 e. The van der Waals surface area contributed by atoms with E-state index in [0.717, 1.165) is 5.69 Å². The number of esters is 2. The molecule has 28 heavy (non-hydrogen) atoms. The molecule has 3 rings (SSSR count). The first-order chi connectivity index (χ1) is 13.5. The van der Waals surface area contributed by atoms with E-state index in [4.69, 9.17) is 10.5 Å². The van der Waals surface area contributed by atoms with Crippen molar-refractivity contribution in [3.8, 4) is 0 Å². The minimum Gasteiger partial charge on any atom is -0.465 e. The first-order valence-corrected chi connectivity index (χ1v) is 8.23. The molecule has 3 aromatic rings. The summed E-state index contributed by atoms with van der Waals surface area (Å²) in [7, 11) is 1.28. The highest BCUT2D eigenvalue weighted by molar-refractivity contribution is 5.93. The number of nitrogens with zero attached hydrogens (tertiary/aromatic N) is 3. The van der Waals surface area contributed by atoms with Gasteiger partial charge in [0, 0.05) is 5.69 Å². The molecule has 0 atom stereocenters. The summed E-state index contributed by atoms with van der Waals surface area (Å²) >= 11 is 0. The Morgan fingerprint density at radius 1 is 0.929 bits per heavy atom. The number of nitrogens with one attached hydrogen (secondary N) is 1. The van der Waals surface area contributed by atoms with Crippen LogP contribution in [0, 0.1) is 0 Å². The van der Waals surface area contributed by atoms with E-state index in [-0.39, 0.29) is 29.9 Å². The number of methoxy groups -OCH3 is 1. The predicted octanol–water partition coefficient (Wildman–Crippen LogP) is 2.34. The number of benzene rings is 2. The molecule has 0 bridgehead atoms. The highest BCUT2D eigenvalue weighted by atomic mass is 16.5. The molecule has 9 heteroatoms. The Bertz CT molecular complexity index is 977. The van der Waals surface area contributed by atoms with Crippen molar-refractivity contribution in [3.63, 3.8) is 0 Å². The van der Waals surface area contributed by atoms with Gasteiger partial charge in [-0.15, -0.1) is 0 Å². The minimum atomic E-state index is -0.590. The normalized spacial score (nSPS) is 10.2.